The molecule has 12 heteroatoms. The lowest BCUT2D eigenvalue weighted by molar-refractivity contribution is -0.140. The molecule has 0 spiro atoms. The van der Waals surface area contributed by atoms with Crippen molar-refractivity contribution in [3.8, 4) is 17.2 Å². The Bertz CT molecular complexity index is 1580. The van der Waals surface area contributed by atoms with Crippen LogP contribution in [0.1, 0.15) is 38.3 Å². The van der Waals surface area contributed by atoms with Crippen LogP contribution in [0.4, 0.5) is 5.69 Å². The number of ether oxygens (including phenoxy) is 3. The number of rotatable bonds is 15. The molecular weight excluding hydrogens is 618 g/mol. The van der Waals surface area contributed by atoms with E-state index in [-0.39, 0.29) is 45.5 Å². The van der Waals surface area contributed by atoms with E-state index in [9.17, 15) is 18.0 Å². The maximum atomic E-state index is 14.4. The Labute approximate surface area is 271 Å². The van der Waals surface area contributed by atoms with Gasteiger partial charge in [-0.15, -0.1) is 0 Å². The first-order chi connectivity index (χ1) is 21.4. The van der Waals surface area contributed by atoms with Gasteiger partial charge in [0.2, 0.25) is 11.8 Å². The van der Waals surface area contributed by atoms with Crippen molar-refractivity contribution in [2.24, 2.45) is 5.92 Å². The second kappa shape index (κ2) is 15.9. The molecule has 0 bridgehead atoms. The maximum absolute atomic E-state index is 14.4. The Morgan fingerprint density at radius 3 is 2.09 bits per heavy atom. The maximum Gasteiger partial charge on any atom is 0.265 e. The molecule has 244 valence electrons. The molecule has 0 aliphatic rings. The van der Waals surface area contributed by atoms with E-state index in [1.54, 1.807) is 6.07 Å². The van der Waals surface area contributed by atoms with Crippen molar-refractivity contribution in [2.75, 3.05) is 38.7 Å². The zero-order chi connectivity index (χ0) is 33.3. The van der Waals surface area contributed by atoms with Gasteiger partial charge in [-0.1, -0.05) is 62.2 Å². The number of nitrogens with zero attached hydrogens (tertiary/aromatic N) is 2. The summed E-state index contributed by atoms with van der Waals surface area (Å²) in [5, 5.41) is 3.16. The molecule has 3 rings (SSSR count). The predicted molar refractivity (Wildman–Crippen MR) is 176 cm³/mol. The third-order valence-electron chi connectivity index (χ3n) is 7.18. The Morgan fingerprint density at radius 2 is 1.51 bits per heavy atom. The normalized spacial score (nSPS) is 11.9. The van der Waals surface area contributed by atoms with Crippen LogP contribution in [0.3, 0.4) is 0 Å². The summed E-state index contributed by atoms with van der Waals surface area (Å²) >= 11 is 6.33. The largest absolute Gasteiger partial charge is 0.495 e. The van der Waals surface area contributed by atoms with Gasteiger partial charge in [0.25, 0.3) is 10.0 Å². The molecule has 0 saturated heterocycles. The monoisotopic (exact) mass is 659 g/mol. The van der Waals surface area contributed by atoms with E-state index < -0.39 is 28.5 Å². The number of amides is 2. The van der Waals surface area contributed by atoms with Crippen LogP contribution in [0.2, 0.25) is 5.02 Å². The van der Waals surface area contributed by atoms with Gasteiger partial charge >= 0.3 is 0 Å². The molecule has 0 aliphatic heterocycles. The average Bonchev–Trinajstić information content (AvgIpc) is 3.02. The summed E-state index contributed by atoms with van der Waals surface area (Å²) in [6, 6.07) is 15.4. The molecule has 45 heavy (non-hydrogen) atoms. The first-order valence-corrected chi connectivity index (χ1v) is 16.4. The van der Waals surface area contributed by atoms with Crippen LogP contribution >= 0.6 is 11.6 Å². The number of hydrogen-bond acceptors (Lipinski definition) is 7. The van der Waals surface area contributed by atoms with E-state index in [2.05, 4.69) is 5.32 Å². The third-order valence-corrected chi connectivity index (χ3v) is 9.17. The highest BCUT2D eigenvalue weighted by Crippen LogP contribution is 2.37. The molecule has 0 heterocycles. The number of nitrogens with one attached hydrogen (secondary N) is 1. The van der Waals surface area contributed by atoms with Crippen LogP contribution < -0.4 is 23.8 Å². The van der Waals surface area contributed by atoms with E-state index in [0.29, 0.717) is 18.7 Å². The second-order valence-corrected chi connectivity index (χ2v) is 13.2. The summed E-state index contributed by atoms with van der Waals surface area (Å²) in [6.45, 7) is 7.60. The number of aryl methyl sites for hydroxylation is 1. The van der Waals surface area contributed by atoms with Crippen molar-refractivity contribution in [1.29, 1.82) is 0 Å². The fraction of sp³-hybridized carbons (Fsp3) is 0.394. The van der Waals surface area contributed by atoms with Crippen molar-refractivity contribution in [2.45, 2.75) is 51.6 Å². The Hall–Kier alpha value is -3.96. The standard InChI is InChI=1S/C33H42ClN3O7S/c1-8-27(33(39)35-19-22(2)3)36(20-24-11-9-23(4)10-12-24)32(38)21-37(28-17-25(34)13-15-29(28)42-5)45(40,41)26-14-16-30(43-6)31(18-26)44-7/h9-18,22,27H,8,19-21H2,1-7H3,(H,35,39). The highest BCUT2D eigenvalue weighted by Gasteiger charge is 2.35. The third kappa shape index (κ3) is 8.82. The summed E-state index contributed by atoms with van der Waals surface area (Å²) in [4.78, 5) is 29.0. The van der Waals surface area contributed by atoms with Crippen LogP contribution in [0.25, 0.3) is 0 Å². The molecule has 0 fully saturated rings. The van der Waals surface area contributed by atoms with Crippen LogP contribution in [-0.4, -0.2) is 65.6 Å². The van der Waals surface area contributed by atoms with Gasteiger partial charge in [0.05, 0.1) is 31.9 Å². The highest BCUT2D eigenvalue weighted by molar-refractivity contribution is 7.92. The number of methoxy groups -OCH3 is 3. The molecule has 2 amide bonds. The van der Waals surface area contributed by atoms with Crippen LogP contribution in [0, 0.1) is 12.8 Å². The van der Waals surface area contributed by atoms with Crippen LogP contribution in [0.15, 0.2) is 65.6 Å². The molecule has 0 aliphatic carbocycles. The van der Waals surface area contributed by atoms with Gasteiger partial charge in [-0.2, -0.15) is 0 Å². The number of sulfonamides is 1. The van der Waals surface area contributed by atoms with Crippen molar-refractivity contribution in [1.82, 2.24) is 10.2 Å². The van der Waals surface area contributed by atoms with E-state index in [0.717, 1.165) is 15.4 Å². The van der Waals surface area contributed by atoms with Gasteiger partial charge in [-0.3, -0.25) is 13.9 Å². The topological polar surface area (TPSA) is 114 Å². The fourth-order valence-corrected chi connectivity index (χ4v) is 6.31. The molecular formula is C33H42ClN3O7S. The minimum atomic E-state index is -4.43. The number of hydrogen-bond donors (Lipinski definition) is 1. The Balaban J connectivity index is 2.16. The van der Waals surface area contributed by atoms with E-state index in [1.807, 2.05) is 52.0 Å². The second-order valence-electron chi connectivity index (χ2n) is 10.9. The molecule has 3 aromatic rings. The zero-order valence-electron chi connectivity index (χ0n) is 26.8. The molecule has 10 nitrogen and oxygen atoms in total. The molecule has 0 saturated carbocycles. The summed E-state index contributed by atoms with van der Waals surface area (Å²) in [7, 11) is -0.198. The molecule has 1 N–H and O–H groups in total. The van der Waals surface area contributed by atoms with Crippen LogP contribution in [0.5, 0.6) is 17.2 Å². The van der Waals surface area contributed by atoms with E-state index >= 15 is 0 Å². The summed E-state index contributed by atoms with van der Waals surface area (Å²) in [5.41, 5.74) is 1.89. The summed E-state index contributed by atoms with van der Waals surface area (Å²) in [6.07, 6.45) is 0.310. The van der Waals surface area contributed by atoms with Crippen molar-refractivity contribution in [3.63, 3.8) is 0 Å². The smallest absolute Gasteiger partial charge is 0.265 e. The van der Waals surface area contributed by atoms with E-state index in [4.69, 9.17) is 25.8 Å². The predicted octanol–water partition coefficient (Wildman–Crippen LogP) is 5.45. The average molecular weight is 660 g/mol. The molecule has 1 unspecified atom stereocenters. The van der Waals surface area contributed by atoms with Crippen LogP contribution in [-0.2, 0) is 26.2 Å². The summed E-state index contributed by atoms with van der Waals surface area (Å²) in [5.74, 6) is 0.00124. The van der Waals surface area contributed by atoms with Gasteiger partial charge in [-0.05, 0) is 55.2 Å². The first kappa shape index (κ1) is 35.5. The lowest BCUT2D eigenvalue weighted by atomic mass is 10.1. The lowest BCUT2D eigenvalue weighted by Crippen LogP contribution is -2.52. The lowest BCUT2D eigenvalue weighted by Gasteiger charge is -2.33. The number of anilines is 1. The number of carbonyl (C=O) groups excluding carboxylic acids is 2. The first-order valence-electron chi connectivity index (χ1n) is 14.6. The molecule has 0 radical (unpaired) electrons. The van der Waals surface area contributed by atoms with Gasteiger partial charge < -0.3 is 24.4 Å². The van der Waals surface area contributed by atoms with Crippen molar-refractivity contribution in [3.05, 3.63) is 76.8 Å². The summed E-state index contributed by atoms with van der Waals surface area (Å²) < 4.78 is 45.8. The highest BCUT2D eigenvalue weighted by atomic mass is 35.5. The zero-order valence-corrected chi connectivity index (χ0v) is 28.4. The van der Waals surface area contributed by atoms with E-state index in [1.165, 1.54) is 56.6 Å². The number of benzene rings is 3. The fourth-order valence-electron chi connectivity index (χ4n) is 4.71. The quantitative estimate of drug-likeness (QED) is 0.231. The molecule has 3 aromatic carbocycles. The van der Waals surface area contributed by atoms with Crippen molar-refractivity contribution < 1.29 is 32.2 Å². The SMILES string of the molecule is CCC(C(=O)NCC(C)C)N(Cc1ccc(C)cc1)C(=O)CN(c1cc(Cl)ccc1OC)S(=O)(=O)c1ccc(OC)c(OC)c1. The van der Waals surface area contributed by atoms with Crippen molar-refractivity contribution >= 4 is 39.1 Å². The van der Waals surface area contributed by atoms with Gasteiger partial charge in [0.15, 0.2) is 11.5 Å². The number of carbonyl (C=O) groups is 2. The number of halogens is 1. The Kier molecular flexibility index (Phi) is 12.5. The van der Waals surface area contributed by atoms with Gasteiger partial charge in [-0.25, -0.2) is 8.42 Å². The Morgan fingerprint density at radius 1 is 0.889 bits per heavy atom. The van der Waals surface area contributed by atoms with Gasteiger partial charge in [0.1, 0.15) is 18.3 Å². The minimum absolute atomic E-state index is 0.0562. The molecule has 1 atom stereocenters. The minimum Gasteiger partial charge on any atom is -0.495 e. The van der Waals surface area contributed by atoms with Gasteiger partial charge in [0, 0.05) is 24.2 Å². The molecule has 0 aromatic heterocycles.